The van der Waals surface area contributed by atoms with E-state index in [1.807, 2.05) is 0 Å². The van der Waals surface area contributed by atoms with Gasteiger partial charge < -0.3 is 10.1 Å². The van der Waals surface area contributed by atoms with Gasteiger partial charge in [0.2, 0.25) is 0 Å². The lowest BCUT2D eigenvalue weighted by atomic mass is 10.0. The zero-order valence-electron chi connectivity index (χ0n) is 10.8. The van der Waals surface area contributed by atoms with Crippen molar-refractivity contribution in [2.45, 2.75) is 33.6 Å². The van der Waals surface area contributed by atoms with Gasteiger partial charge in [-0.3, -0.25) is 0 Å². The summed E-state index contributed by atoms with van der Waals surface area (Å²) >= 11 is 0. The van der Waals surface area contributed by atoms with Gasteiger partial charge in [-0.25, -0.2) is 0 Å². The summed E-state index contributed by atoms with van der Waals surface area (Å²) in [5, 5.41) is 3.25. The molecule has 0 aliphatic heterocycles. The number of hydrogen-bond acceptors (Lipinski definition) is 2. The first-order valence-electron chi connectivity index (χ1n) is 6.09. The number of likely N-dealkylation sites (N-methyl/N-ethyl adjacent to an activating group) is 1. The average molecular weight is 221 g/mol. The van der Waals surface area contributed by atoms with Crippen molar-refractivity contribution in [1.29, 1.82) is 0 Å². The molecule has 0 saturated carbocycles. The summed E-state index contributed by atoms with van der Waals surface area (Å²) in [4.78, 5) is 0. The van der Waals surface area contributed by atoms with Crippen LogP contribution < -0.4 is 10.1 Å². The van der Waals surface area contributed by atoms with Crippen molar-refractivity contribution >= 4 is 0 Å². The highest BCUT2D eigenvalue weighted by Gasteiger charge is 2.04. The SMILES string of the molecule is CCNCCOc1cc(C(C)C)ccc1C. The predicted octanol–water partition coefficient (Wildman–Crippen LogP) is 3.11. The fourth-order valence-electron chi connectivity index (χ4n) is 1.54. The standard InChI is InChI=1S/C14H23NO/c1-5-15-8-9-16-14-10-13(11(2)3)7-6-12(14)4/h6-7,10-11,15H,5,8-9H2,1-4H3. The number of nitrogens with one attached hydrogen (secondary N) is 1. The Labute approximate surface area is 99.0 Å². The third-order valence-corrected chi connectivity index (χ3v) is 2.67. The molecule has 0 aliphatic rings. The lowest BCUT2D eigenvalue weighted by Crippen LogP contribution is -2.20. The quantitative estimate of drug-likeness (QED) is 0.745. The summed E-state index contributed by atoms with van der Waals surface area (Å²) in [5.74, 6) is 1.57. The minimum absolute atomic E-state index is 0.553. The molecule has 1 rings (SSSR count). The highest BCUT2D eigenvalue weighted by molar-refractivity contribution is 5.37. The van der Waals surface area contributed by atoms with Gasteiger partial charge in [-0.2, -0.15) is 0 Å². The minimum Gasteiger partial charge on any atom is -0.492 e. The van der Waals surface area contributed by atoms with E-state index in [4.69, 9.17) is 4.74 Å². The van der Waals surface area contributed by atoms with Gasteiger partial charge in [-0.05, 0) is 36.6 Å². The molecule has 2 heteroatoms. The Morgan fingerprint density at radius 2 is 2.06 bits per heavy atom. The number of rotatable bonds is 6. The van der Waals surface area contributed by atoms with E-state index in [1.165, 1.54) is 11.1 Å². The van der Waals surface area contributed by atoms with Crippen molar-refractivity contribution in [3.05, 3.63) is 29.3 Å². The molecular formula is C14H23NO. The Bertz CT molecular complexity index is 321. The van der Waals surface area contributed by atoms with E-state index in [0.29, 0.717) is 5.92 Å². The molecule has 16 heavy (non-hydrogen) atoms. The molecule has 1 N–H and O–H groups in total. The molecule has 0 unspecified atom stereocenters. The first kappa shape index (κ1) is 13.0. The zero-order valence-corrected chi connectivity index (χ0v) is 10.8. The lowest BCUT2D eigenvalue weighted by molar-refractivity contribution is 0.313. The normalized spacial score (nSPS) is 10.8. The van der Waals surface area contributed by atoms with Crippen molar-refractivity contribution in [2.75, 3.05) is 19.7 Å². The Hall–Kier alpha value is -1.02. The van der Waals surface area contributed by atoms with E-state index in [-0.39, 0.29) is 0 Å². The zero-order chi connectivity index (χ0) is 12.0. The monoisotopic (exact) mass is 221 g/mol. The van der Waals surface area contributed by atoms with E-state index < -0.39 is 0 Å². The molecule has 0 aliphatic carbocycles. The van der Waals surface area contributed by atoms with Crippen LogP contribution in [-0.4, -0.2) is 19.7 Å². The third kappa shape index (κ3) is 3.86. The van der Waals surface area contributed by atoms with Gasteiger partial charge in [-0.1, -0.05) is 32.9 Å². The molecule has 0 spiro atoms. The van der Waals surface area contributed by atoms with E-state index in [1.54, 1.807) is 0 Å². The van der Waals surface area contributed by atoms with Crippen molar-refractivity contribution < 1.29 is 4.74 Å². The van der Waals surface area contributed by atoms with E-state index in [2.05, 4.69) is 51.2 Å². The number of benzene rings is 1. The summed E-state index contributed by atoms with van der Waals surface area (Å²) in [6.45, 7) is 11.2. The van der Waals surface area contributed by atoms with Crippen LogP contribution in [0.5, 0.6) is 5.75 Å². The van der Waals surface area contributed by atoms with Gasteiger partial charge in [0.1, 0.15) is 12.4 Å². The molecule has 0 atom stereocenters. The molecule has 1 aromatic carbocycles. The smallest absolute Gasteiger partial charge is 0.122 e. The van der Waals surface area contributed by atoms with Crippen LogP contribution in [0.25, 0.3) is 0 Å². The summed E-state index contributed by atoms with van der Waals surface area (Å²) in [6.07, 6.45) is 0. The molecule has 0 radical (unpaired) electrons. The minimum atomic E-state index is 0.553. The Morgan fingerprint density at radius 3 is 2.69 bits per heavy atom. The molecule has 0 saturated heterocycles. The number of hydrogen-bond donors (Lipinski definition) is 1. The maximum Gasteiger partial charge on any atom is 0.122 e. The van der Waals surface area contributed by atoms with E-state index in [9.17, 15) is 0 Å². The van der Waals surface area contributed by atoms with Crippen LogP contribution >= 0.6 is 0 Å². The Kier molecular flexibility index (Phi) is 5.33. The largest absolute Gasteiger partial charge is 0.492 e. The second-order valence-corrected chi connectivity index (χ2v) is 4.38. The van der Waals surface area contributed by atoms with E-state index >= 15 is 0 Å². The Balaban J connectivity index is 2.60. The van der Waals surface area contributed by atoms with Gasteiger partial charge in [0.15, 0.2) is 0 Å². The molecule has 0 amide bonds. The van der Waals surface area contributed by atoms with E-state index in [0.717, 1.165) is 25.4 Å². The summed E-state index contributed by atoms with van der Waals surface area (Å²) in [7, 11) is 0. The van der Waals surface area contributed by atoms with Crippen LogP contribution in [0.4, 0.5) is 0 Å². The predicted molar refractivity (Wildman–Crippen MR) is 69.3 cm³/mol. The van der Waals surface area contributed by atoms with Crippen LogP contribution in [0.1, 0.15) is 37.8 Å². The van der Waals surface area contributed by atoms with Gasteiger partial charge in [-0.15, -0.1) is 0 Å². The molecule has 2 nitrogen and oxygen atoms in total. The second kappa shape index (κ2) is 6.54. The van der Waals surface area contributed by atoms with Crippen LogP contribution in [0.2, 0.25) is 0 Å². The maximum absolute atomic E-state index is 5.77. The van der Waals surface area contributed by atoms with Crippen molar-refractivity contribution in [3.8, 4) is 5.75 Å². The van der Waals surface area contributed by atoms with Crippen molar-refractivity contribution in [2.24, 2.45) is 0 Å². The van der Waals surface area contributed by atoms with Crippen LogP contribution in [0.15, 0.2) is 18.2 Å². The van der Waals surface area contributed by atoms with Gasteiger partial charge in [0.05, 0.1) is 0 Å². The second-order valence-electron chi connectivity index (χ2n) is 4.38. The molecule has 0 aromatic heterocycles. The molecule has 0 bridgehead atoms. The van der Waals surface area contributed by atoms with Gasteiger partial charge in [0.25, 0.3) is 0 Å². The third-order valence-electron chi connectivity index (χ3n) is 2.67. The number of ether oxygens (including phenoxy) is 1. The summed E-state index contributed by atoms with van der Waals surface area (Å²) < 4.78 is 5.77. The van der Waals surface area contributed by atoms with Gasteiger partial charge >= 0.3 is 0 Å². The first-order valence-corrected chi connectivity index (χ1v) is 6.09. The molecule has 0 fully saturated rings. The molecule has 90 valence electrons. The van der Waals surface area contributed by atoms with Crippen LogP contribution in [-0.2, 0) is 0 Å². The average Bonchev–Trinajstić information content (AvgIpc) is 2.26. The van der Waals surface area contributed by atoms with Crippen LogP contribution in [0.3, 0.4) is 0 Å². The topological polar surface area (TPSA) is 21.3 Å². The van der Waals surface area contributed by atoms with Crippen molar-refractivity contribution in [3.63, 3.8) is 0 Å². The molecule has 0 heterocycles. The lowest BCUT2D eigenvalue weighted by Gasteiger charge is -2.12. The first-order chi connectivity index (χ1) is 7.65. The van der Waals surface area contributed by atoms with Crippen LogP contribution in [0, 0.1) is 6.92 Å². The molecular weight excluding hydrogens is 198 g/mol. The summed E-state index contributed by atoms with van der Waals surface area (Å²) in [6, 6.07) is 6.47. The fourth-order valence-corrected chi connectivity index (χ4v) is 1.54. The maximum atomic E-state index is 5.77. The number of aryl methyl sites for hydroxylation is 1. The fraction of sp³-hybridized carbons (Fsp3) is 0.571. The summed E-state index contributed by atoms with van der Waals surface area (Å²) in [5.41, 5.74) is 2.55. The highest BCUT2D eigenvalue weighted by atomic mass is 16.5. The van der Waals surface area contributed by atoms with Gasteiger partial charge in [0, 0.05) is 6.54 Å². The highest BCUT2D eigenvalue weighted by Crippen LogP contribution is 2.24. The Morgan fingerprint density at radius 1 is 1.31 bits per heavy atom. The molecule has 1 aromatic rings. The van der Waals surface area contributed by atoms with Crippen molar-refractivity contribution in [1.82, 2.24) is 5.32 Å².